The van der Waals surface area contributed by atoms with Crippen LogP contribution in [0, 0.1) is 10.5 Å². The van der Waals surface area contributed by atoms with Crippen molar-refractivity contribution in [2.24, 2.45) is 0 Å². The van der Waals surface area contributed by atoms with E-state index in [-0.39, 0.29) is 6.42 Å². The second kappa shape index (κ2) is 4.60. The number of carboxylic acids is 1. The quantitative estimate of drug-likeness (QED) is 0.869. The van der Waals surface area contributed by atoms with Crippen molar-refractivity contribution in [2.45, 2.75) is 19.8 Å². The van der Waals surface area contributed by atoms with Crippen LogP contribution in [0.5, 0.6) is 0 Å². The molecule has 0 spiro atoms. The average Bonchev–Trinajstić information content (AvgIpc) is 2.03. The Bertz CT molecular complexity index is 300. The van der Waals surface area contributed by atoms with Crippen LogP contribution in [-0.2, 0) is 11.2 Å². The van der Waals surface area contributed by atoms with E-state index in [2.05, 4.69) is 22.6 Å². The molecule has 13 heavy (non-hydrogen) atoms. The van der Waals surface area contributed by atoms with Gasteiger partial charge in [-0.05, 0) is 53.1 Å². The van der Waals surface area contributed by atoms with Gasteiger partial charge in [-0.15, -0.1) is 0 Å². The zero-order valence-corrected chi connectivity index (χ0v) is 9.54. The van der Waals surface area contributed by atoms with E-state index in [0.29, 0.717) is 6.42 Å². The van der Waals surface area contributed by atoms with Gasteiger partial charge in [-0.3, -0.25) is 4.79 Å². The first-order valence-electron chi connectivity index (χ1n) is 4.07. The molecule has 3 heteroatoms. The summed E-state index contributed by atoms with van der Waals surface area (Å²) in [6.45, 7) is 2.01. The maximum Gasteiger partial charge on any atom is 0.303 e. The van der Waals surface area contributed by atoms with Crippen LogP contribution in [0.15, 0.2) is 18.2 Å². The fraction of sp³-hybridized carbons (Fsp3) is 0.300. The number of hydrogen-bond donors (Lipinski definition) is 1. The predicted molar refractivity (Wildman–Crippen MR) is 59.9 cm³/mol. The third-order valence-electron chi connectivity index (χ3n) is 1.94. The summed E-state index contributed by atoms with van der Waals surface area (Å²) in [6, 6.07) is 6.01. The zero-order valence-electron chi connectivity index (χ0n) is 7.38. The van der Waals surface area contributed by atoms with E-state index < -0.39 is 5.97 Å². The first-order chi connectivity index (χ1) is 6.11. The van der Waals surface area contributed by atoms with Crippen LogP contribution < -0.4 is 0 Å². The highest BCUT2D eigenvalue weighted by Crippen LogP contribution is 2.17. The van der Waals surface area contributed by atoms with Crippen molar-refractivity contribution >= 4 is 28.6 Å². The molecular formula is C10H11IO2. The molecule has 1 rings (SSSR count). The molecule has 0 bridgehead atoms. The Balaban J connectivity index is 2.81. The topological polar surface area (TPSA) is 37.3 Å². The monoisotopic (exact) mass is 290 g/mol. The number of aryl methyl sites for hydroxylation is 1. The van der Waals surface area contributed by atoms with Crippen LogP contribution in [0.2, 0.25) is 0 Å². The van der Waals surface area contributed by atoms with Crippen molar-refractivity contribution in [3.8, 4) is 0 Å². The van der Waals surface area contributed by atoms with Crippen molar-refractivity contribution in [3.63, 3.8) is 0 Å². The molecule has 2 nitrogen and oxygen atoms in total. The predicted octanol–water partition coefficient (Wildman–Crippen LogP) is 2.62. The minimum atomic E-state index is -0.737. The van der Waals surface area contributed by atoms with Gasteiger partial charge in [-0.2, -0.15) is 0 Å². The Kier molecular flexibility index (Phi) is 3.71. The first kappa shape index (κ1) is 10.5. The molecule has 0 aliphatic carbocycles. The average molecular weight is 290 g/mol. The normalized spacial score (nSPS) is 10.0. The number of aliphatic carboxylic acids is 1. The lowest BCUT2D eigenvalue weighted by Crippen LogP contribution is -2.00. The SMILES string of the molecule is Cc1cccc(I)c1CCC(=O)O. The number of rotatable bonds is 3. The van der Waals surface area contributed by atoms with Crippen LogP contribution in [0.3, 0.4) is 0 Å². The van der Waals surface area contributed by atoms with Gasteiger partial charge in [0.1, 0.15) is 0 Å². The van der Waals surface area contributed by atoms with Gasteiger partial charge in [0.15, 0.2) is 0 Å². The second-order valence-electron chi connectivity index (χ2n) is 2.93. The summed E-state index contributed by atoms with van der Waals surface area (Å²) in [5.74, 6) is -0.737. The molecule has 0 saturated carbocycles. The fourth-order valence-corrected chi connectivity index (χ4v) is 2.12. The Morgan fingerprint density at radius 3 is 2.77 bits per heavy atom. The van der Waals surface area contributed by atoms with Gasteiger partial charge in [-0.25, -0.2) is 0 Å². The van der Waals surface area contributed by atoms with Crippen LogP contribution in [0.1, 0.15) is 17.5 Å². The number of benzene rings is 1. The highest BCUT2D eigenvalue weighted by Gasteiger charge is 2.05. The number of halogens is 1. The fourth-order valence-electron chi connectivity index (χ4n) is 1.21. The summed E-state index contributed by atoms with van der Waals surface area (Å²) in [6.07, 6.45) is 0.834. The first-order valence-corrected chi connectivity index (χ1v) is 5.15. The molecule has 1 aromatic rings. The number of carboxylic acid groups (broad SMARTS) is 1. The van der Waals surface area contributed by atoms with E-state index in [9.17, 15) is 4.79 Å². The summed E-state index contributed by atoms with van der Waals surface area (Å²) in [4.78, 5) is 10.4. The smallest absolute Gasteiger partial charge is 0.303 e. The summed E-state index contributed by atoms with van der Waals surface area (Å²) in [5.41, 5.74) is 2.33. The molecule has 70 valence electrons. The summed E-state index contributed by atoms with van der Waals surface area (Å²) >= 11 is 2.24. The Morgan fingerprint density at radius 1 is 1.54 bits per heavy atom. The van der Waals surface area contributed by atoms with Crippen molar-refractivity contribution < 1.29 is 9.90 Å². The lowest BCUT2D eigenvalue weighted by Gasteiger charge is -2.06. The highest BCUT2D eigenvalue weighted by molar-refractivity contribution is 14.1. The molecule has 1 N–H and O–H groups in total. The minimum Gasteiger partial charge on any atom is -0.481 e. The standard InChI is InChI=1S/C10H11IO2/c1-7-3-2-4-9(11)8(7)5-6-10(12)13/h2-4H,5-6H2,1H3,(H,12,13). The lowest BCUT2D eigenvalue weighted by atomic mass is 10.0. The van der Waals surface area contributed by atoms with Crippen LogP contribution >= 0.6 is 22.6 Å². The molecule has 0 atom stereocenters. The molecule has 0 radical (unpaired) electrons. The van der Waals surface area contributed by atoms with Crippen molar-refractivity contribution in [2.75, 3.05) is 0 Å². The zero-order chi connectivity index (χ0) is 9.84. The number of hydrogen-bond acceptors (Lipinski definition) is 1. The molecular weight excluding hydrogens is 279 g/mol. The summed E-state index contributed by atoms with van der Waals surface area (Å²) in [7, 11) is 0. The molecule has 1 aromatic carbocycles. The molecule has 0 fully saturated rings. The van der Waals surface area contributed by atoms with E-state index in [1.165, 1.54) is 5.56 Å². The van der Waals surface area contributed by atoms with Gasteiger partial charge in [0.25, 0.3) is 0 Å². The van der Waals surface area contributed by atoms with Crippen LogP contribution in [0.4, 0.5) is 0 Å². The summed E-state index contributed by atoms with van der Waals surface area (Å²) < 4.78 is 1.15. The Hall–Kier alpha value is -0.580. The third-order valence-corrected chi connectivity index (χ3v) is 2.95. The van der Waals surface area contributed by atoms with E-state index in [4.69, 9.17) is 5.11 Å². The summed E-state index contributed by atoms with van der Waals surface area (Å²) in [5, 5.41) is 8.55. The molecule has 0 aromatic heterocycles. The van der Waals surface area contributed by atoms with Gasteiger partial charge in [-0.1, -0.05) is 12.1 Å². The van der Waals surface area contributed by atoms with Crippen LogP contribution in [0.25, 0.3) is 0 Å². The van der Waals surface area contributed by atoms with E-state index in [1.807, 2.05) is 25.1 Å². The second-order valence-corrected chi connectivity index (χ2v) is 4.09. The van der Waals surface area contributed by atoms with Crippen molar-refractivity contribution in [1.82, 2.24) is 0 Å². The van der Waals surface area contributed by atoms with Crippen molar-refractivity contribution in [1.29, 1.82) is 0 Å². The molecule has 0 aliphatic rings. The van der Waals surface area contributed by atoms with Crippen molar-refractivity contribution in [3.05, 3.63) is 32.9 Å². The molecule has 0 aliphatic heterocycles. The minimum absolute atomic E-state index is 0.209. The van der Waals surface area contributed by atoms with E-state index in [0.717, 1.165) is 9.13 Å². The molecule has 0 saturated heterocycles. The lowest BCUT2D eigenvalue weighted by molar-refractivity contribution is -0.136. The molecule has 0 amide bonds. The van der Waals surface area contributed by atoms with Gasteiger partial charge < -0.3 is 5.11 Å². The van der Waals surface area contributed by atoms with Gasteiger partial charge in [0.05, 0.1) is 0 Å². The third kappa shape index (κ3) is 2.99. The van der Waals surface area contributed by atoms with Crippen LogP contribution in [-0.4, -0.2) is 11.1 Å². The Morgan fingerprint density at radius 2 is 2.23 bits per heavy atom. The van der Waals surface area contributed by atoms with Gasteiger partial charge in [0.2, 0.25) is 0 Å². The van der Waals surface area contributed by atoms with Gasteiger partial charge >= 0.3 is 5.97 Å². The van der Waals surface area contributed by atoms with Gasteiger partial charge in [0, 0.05) is 9.99 Å². The highest BCUT2D eigenvalue weighted by atomic mass is 127. The molecule has 0 heterocycles. The molecule has 0 unspecified atom stereocenters. The number of carbonyl (C=O) groups is 1. The van der Waals surface area contributed by atoms with E-state index in [1.54, 1.807) is 0 Å². The largest absolute Gasteiger partial charge is 0.481 e. The Labute approximate surface area is 91.1 Å². The maximum atomic E-state index is 10.4. The van der Waals surface area contributed by atoms with E-state index >= 15 is 0 Å². The maximum absolute atomic E-state index is 10.4.